The molecular weight excluding hydrogens is 561 g/mol. The van der Waals surface area contributed by atoms with Crippen molar-refractivity contribution in [1.29, 1.82) is 0 Å². The van der Waals surface area contributed by atoms with E-state index in [1.165, 1.54) is 29.8 Å². The molecule has 12 heteroatoms. The monoisotopic (exact) mass is 583 g/mol. The van der Waals surface area contributed by atoms with Crippen molar-refractivity contribution in [2.45, 2.75) is 12.6 Å². The Bertz CT molecular complexity index is 1760. The second-order valence-electron chi connectivity index (χ2n) is 8.91. The highest BCUT2D eigenvalue weighted by Crippen LogP contribution is 2.34. The summed E-state index contributed by atoms with van der Waals surface area (Å²) in [5.74, 6) is 0.561. The Kier molecular flexibility index (Phi) is 7.76. The van der Waals surface area contributed by atoms with Gasteiger partial charge in [-0.3, -0.25) is 0 Å². The molecule has 2 heterocycles. The predicted molar refractivity (Wildman–Crippen MR) is 153 cm³/mol. The quantitative estimate of drug-likeness (QED) is 0.220. The molecule has 1 atom stereocenters. The van der Waals surface area contributed by atoms with Gasteiger partial charge in [0.2, 0.25) is 0 Å². The van der Waals surface area contributed by atoms with Crippen LogP contribution in [0.5, 0.6) is 5.75 Å². The molecule has 5 aromatic rings. The van der Waals surface area contributed by atoms with Gasteiger partial charge >= 0.3 is 0 Å². The minimum atomic E-state index is -3.22. The molecule has 0 amide bonds. The number of fused-ring (bicyclic) bond motifs is 1. The number of sulfone groups is 1. The maximum atomic E-state index is 13.4. The van der Waals surface area contributed by atoms with Gasteiger partial charge < -0.3 is 15.8 Å². The Morgan fingerprint density at radius 3 is 2.72 bits per heavy atom. The number of nitrogens with one attached hydrogen (secondary N) is 1. The van der Waals surface area contributed by atoms with Crippen molar-refractivity contribution < 1.29 is 17.5 Å². The Morgan fingerprint density at radius 1 is 1.10 bits per heavy atom. The Hall–Kier alpha value is -3.64. The Labute approximate surface area is 233 Å². The number of rotatable bonds is 9. The lowest BCUT2D eigenvalue weighted by atomic mass is 10.1. The number of ether oxygens (including phenoxy) is 1. The second kappa shape index (κ2) is 11.2. The van der Waals surface area contributed by atoms with Gasteiger partial charge in [0.1, 0.15) is 45.2 Å². The first-order valence-corrected chi connectivity index (χ1v) is 15.0. The van der Waals surface area contributed by atoms with Crippen LogP contribution in [0.15, 0.2) is 73.2 Å². The summed E-state index contributed by atoms with van der Waals surface area (Å²) in [5, 5.41) is 5.13. The lowest BCUT2D eigenvalue weighted by molar-refractivity contribution is 0.306. The molecule has 3 aromatic carbocycles. The molecule has 0 bridgehead atoms. The molecule has 0 fully saturated rings. The lowest BCUT2D eigenvalue weighted by Gasteiger charge is -2.12. The number of benzene rings is 3. The number of hydrogen-bond acceptors (Lipinski definition) is 9. The maximum absolute atomic E-state index is 13.4. The van der Waals surface area contributed by atoms with Crippen molar-refractivity contribution in [1.82, 2.24) is 15.0 Å². The summed E-state index contributed by atoms with van der Waals surface area (Å²) in [7, 11) is -3.22. The van der Waals surface area contributed by atoms with Crippen LogP contribution >= 0.6 is 22.9 Å². The molecule has 0 radical (unpaired) electrons. The van der Waals surface area contributed by atoms with E-state index in [1.54, 1.807) is 36.5 Å². The summed E-state index contributed by atoms with van der Waals surface area (Å²) in [4.78, 5) is 13.9. The second-order valence-corrected chi connectivity index (χ2v) is 12.6. The van der Waals surface area contributed by atoms with Gasteiger partial charge in [-0.25, -0.2) is 27.8 Å². The zero-order valence-electron chi connectivity index (χ0n) is 20.6. The zero-order valence-corrected chi connectivity index (χ0v) is 23.0. The normalized spacial score (nSPS) is 12.4. The molecule has 1 unspecified atom stereocenters. The van der Waals surface area contributed by atoms with Crippen molar-refractivity contribution in [2.75, 3.05) is 17.3 Å². The smallest absolute Gasteiger partial charge is 0.149 e. The highest BCUT2D eigenvalue weighted by molar-refractivity contribution is 7.90. The highest BCUT2D eigenvalue weighted by atomic mass is 35.5. The van der Waals surface area contributed by atoms with Crippen molar-refractivity contribution in [3.63, 3.8) is 0 Å². The third-order valence-corrected chi connectivity index (χ3v) is 8.17. The van der Waals surface area contributed by atoms with E-state index in [4.69, 9.17) is 22.1 Å². The van der Waals surface area contributed by atoms with Crippen molar-refractivity contribution in [3.8, 4) is 16.3 Å². The Morgan fingerprint density at radius 2 is 1.95 bits per heavy atom. The fourth-order valence-electron chi connectivity index (χ4n) is 3.91. The summed E-state index contributed by atoms with van der Waals surface area (Å²) in [6.45, 7) is 0.182. The largest absolute Gasteiger partial charge is 0.487 e. The van der Waals surface area contributed by atoms with Crippen molar-refractivity contribution >= 4 is 55.2 Å². The molecule has 0 aliphatic rings. The molecule has 2 aromatic heterocycles. The van der Waals surface area contributed by atoms with E-state index >= 15 is 0 Å². The minimum absolute atomic E-state index is 0.147. The average molecular weight is 584 g/mol. The summed E-state index contributed by atoms with van der Waals surface area (Å²) in [6, 6.07) is 16.5. The van der Waals surface area contributed by atoms with Crippen LogP contribution in [0.4, 0.5) is 15.9 Å². The fraction of sp³-hybridized carbons (Fsp3) is 0.148. The number of halogens is 2. The first-order chi connectivity index (χ1) is 18.6. The molecule has 3 N–H and O–H groups in total. The average Bonchev–Trinajstić information content (AvgIpc) is 3.38. The van der Waals surface area contributed by atoms with Crippen molar-refractivity contribution in [2.24, 2.45) is 5.73 Å². The molecule has 0 saturated heterocycles. The van der Waals surface area contributed by atoms with Crippen LogP contribution in [0.3, 0.4) is 0 Å². The van der Waals surface area contributed by atoms with E-state index < -0.39 is 15.9 Å². The van der Waals surface area contributed by atoms with Crippen LogP contribution in [0, 0.1) is 5.82 Å². The summed E-state index contributed by atoms with van der Waals surface area (Å²) >= 11 is 7.80. The van der Waals surface area contributed by atoms with Crippen LogP contribution in [0.25, 0.3) is 21.5 Å². The van der Waals surface area contributed by atoms with E-state index in [-0.39, 0.29) is 18.2 Å². The molecule has 0 aliphatic heterocycles. The van der Waals surface area contributed by atoms with Crippen LogP contribution in [0.1, 0.15) is 16.5 Å². The van der Waals surface area contributed by atoms with E-state index in [0.717, 1.165) is 22.7 Å². The molecule has 0 aliphatic carbocycles. The van der Waals surface area contributed by atoms with Gasteiger partial charge in [0.05, 0.1) is 22.3 Å². The Balaban J connectivity index is 1.36. The number of hydrogen-bond donors (Lipinski definition) is 2. The number of aromatic nitrogens is 3. The van der Waals surface area contributed by atoms with Crippen LogP contribution in [-0.4, -0.2) is 35.4 Å². The van der Waals surface area contributed by atoms with Crippen LogP contribution in [-0.2, 0) is 16.4 Å². The van der Waals surface area contributed by atoms with Gasteiger partial charge in [-0.2, -0.15) is 0 Å². The number of anilines is 2. The topological polar surface area (TPSA) is 120 Å². The summed E-state index contributed by atoms with van der Waals surface area (Å²) < 4.78 is 42.4. The van der Waals surface area contributed by atoms with Crippen LogP contribution < -0.4 is 15.8 Å². The predicted octanol–water partition coefficient (Wildman–Crippen LogP) is 5.91. The van der Waals surface area contributed by atoms with Gasteiger partial charge in [0, 0.05) is 34.0 Å². The third-order valence-electron chi connectivity index (χ3n) is 5.73. The van der Waals surface area contributed by atoms with Gasteiger partial charge in [-0.05, 0) is 54.1 Å². The molecule has 8 nitrogen and oxygen atoms in total. The molecule has 200 valence electrons. The van der Waals surface area contributed by atoms with E-state index in [9.17, 15) is 12.8 Å². The molecule has 0 spiro atoms. The maximum Gasteiger partial charge on any atom is 0.149 e. The van der Waals surface area contributed by atoms with Gasteiger partial charge in [-0.15, -0.1) is 11.3 Å². The molecular formula is C27H23ClFN5O3S2. The number of nitrogens with two attached hydrogens (primary N) is 1. The molecule has 39 heavy (non-hydrogen) atoms. The summed E-state index contributed by atoms with van der Waals surface area (Å²) in [6.07, 6.45) is 4.24. The first kappa shape index (κ1) is 26.9. The van der Waals surface area contributed by atoms with E-state index in [0.29, 0.717) is 37.7 Å². The number of nitrogens with zero attached hydrogens (tertiary/aromatic N) is 3. The number of thiazole rings is 1. The fourth-order valence-corrected chi connectivity index (χ4v) is 6.00. The standard InChI is InChI=1S/C27H23ClFN5O3S2/c1-39(35,36)14-22(30)25-12-31-27(38-25)17-5-7-23-20(10-17)26(33-15-32-23)34-19-6-8-24(21(28)11-19)37-13-16-3-2-4-18(29)9-16/h2-12,15,22H,13-14,30H2,1H3,(H,32,33,34). The SMILES string of the molecule is CS(=O)(=O)CC(N)c1cnc(-c2ccc3ncnc(Nc4ccc(OCc5cccc(F)c5)c(Cl)c4)c3c2)s1. The minimum Gasteiger partial charge on any atom is -0.487 e. The van der Waals surface area contributed by atoms with Gasteiger partial charge in [0.15, 0.2) is 0 Å². The third kappa shape index (κ3) is 6.69. The van der Waals surface area contributed by atoms with E-state index in [2.05, 4.69) is 20.3 Å². The van der Waals surface area contributed by atoms with E-state index in [1.807, 2.05) is 18.2 Å². The first-order valence-electron chi connectivity index (χ1n) is 11.7. The summed E-state index contributed by atoms with van der Waals surface area (Å²) in [5.41, 5.74) is 9.01. The highest BCUT2D eigenvalue weighted by Gasteiger charge is 2.17. The van der Waals surface area contributed by atoms with Gasteiger partial charge in [0.25, 0.3) is 0 Å². The lowest BCUT2D eigenvalue weighted by Crippen LogP contribution is -2.19. The van der Waals surface area contributed by atoms with Crippen LogP contribution in [0.2, 0.25) is 5.02 Å². The molecule has 0 saturated carbocycles. The van der Waals surface area contributed by atoms with Crippen molar-refractivity contribution in [3.05, 3.63) is 94.5 Å². The molecule has 5 rings (SSSR count). The zero-order chi connectivity index (χ0) is 27.6. The van der Waals surface area contributed by atoms with Gasteiger partial charge in [-0.1, -0.05) is 23.7 Å².